The predicted octanol–water partition coefficient (Wildman–Crippen LogP) is 3.12. The Morgan fingerprint density at radius 2 is 1.80 bits per heavy atom. The van der Waals surface area contributed by atoms with Gasteiger partial charge in [0, 0.05) is 58.1 Å². The molecule has 0 atom stereocenters. The van der Waals surface area contributed by atoms with Crippen molar-refractivity contribution in [1.82, 2.24) is 10.6 Å². The lowest BCUT2D eigenvalue weighted by molar-refractivity contribution is 0.0203. The fourth-order valence-corrected chi connectivity index (χ4v) is 4.21. The van der Waals surface area contributed by atoms with Crippen molar-refractivity contribution in [2.24, 2.45) is 10.9 Å². The molecule has 168 valence electrons. The van der Waals surface area contributed by atoms with E-state index >= 15 is 0 Å². The van der Waals surface area contributed by atoms with Gasteiger partial charge >= 0.3 is 0 Å². The summed E-state index contributed by atoms with van der Waals surface area (Å²) in [5.74, 6) is 1.56. The first-order valence-corrected chi connectivity index (χ1v) is 11.6. The largest absolute Gasteiger partial charge is 0.381 e. The van der Waals surface area contributed by atoms with Crippen LogP contribution in [0.25, 0.3) is 0 Å². The maximum atomic E-state index is 5.87. The van der Waals surface area contributed by atoms with E-state index in [4.69, 9.17) is 19.2 Å². The molecule has 3 rings (SSSR count). The first-order chi connectivity index (χ1) is 14.8. The average molecular weight is 418 g/mol. The van der Waals surface area contributed by atoms with E-state index in [9.17, 15) is 0 Å². The molecular weight excluding hydrogens is 378 g/mol. The van der Waals surface area contributed by atoms with Crippen LogP contribution in [0.3, 0.4) is 0 Å². The molecule has 6 heteroatoms. The Bertz CT molecular complexity index is 611. The fraction of sp³-hybridized carbons (Fsp3) is 0.708. The van der Waals surface area contributed by atoms with Crippen LogP contribution < -0.4 is 10.6 Å². The Labute approximate surface area is 181 Å². The molecule has 2 aliphatic rings. The number of guanidine groups is 1. The van der Waals surface area contributed by atoms with Gasteiger partial charge in [-0.3, -0.25) is 4.99 Å². The van der Waals surface area contributed by atoms with Gasteiger partial charge in [-0.25, -0.2) is 0 Å². The Morgan fingerprint density at radius 1 is 1.07 bits per heavy atom. The summed E-state index contributed by atoms with van der Waals surface area (Å²) in [6, 6.07) is 10.8. The molecule has 0 radical (unpaired) electrons. The number of hydrogen-bond acceptors (Lipinski definition) is 4. The van der Waals surface area contributed by atoms with E-state index in [0.29, 0.717) is 5.92 Å². The van der Waals surface area contributed by atoms with Gasteiger partial charge < -0.3 is 24.8 Å². The molecule has 0 aromatic heterocycles. The third-order valence-electron chi connectivity index (χ3n) is 6.17. The van der Waals surface area contributed by atoms with E-state index in [0.717, 1.165) is 97.3 Å². The van der Waals surface area contributed by atoms with Crippen LogP contribution in [0.5, 0.6) is 0 Å². The number of ether oxygens (including phenoxy) is 3. The molecule has 2 fully saturated rings. The number of aliphatic imine (C=N–C) groups is 1. The molecule has 2 heterocycles. The molecule has 1 aromatic carbocycles. The minimum Gasteiger partial charge on any atom is -0.381 e. The van der Waals surface area contributed by atoms with E-state index in [-0.39, 0.29) is 5.41 Å². The Morgan fingerprint density at radius 3 is 2.53 bits per heavy atom. The third-order valence-corrected chi connectivity index (χ3v) is 6.17. The number of nitrogens with zero attached hydrogens (tertiary/aromatic N) is 1. The standard InChI is InChI=1S/C24H39N3O3/c1-2-25-23(26-13-6-14-30-19-21-9-15-28-16-10-21)27-20-24(11-17-29-18-12-24)22-7-4-3-5-8-22/h3-5,7-8,21H,2,6,9-20H2,1H3,(H2,25,26,27). The van der Waals surface area contributed by atoms with Crippen LogP contribution >= 0.6 is 0 Å². The molecule has 0 amide bonds. The zero-order valence-corrected chi connectivity index (χ0v) is 18.5. The van der Waals surface area contributed by atoms with E-state index < -0.39 is 0 Å². The molecule has 0 spiro atoms. The van der Waals surface area contributed by atoms with Crippen molar-refractivity contribution in [1.29, 1.82) is 0 Å². The van der Waals surface area contributed by atoms with Crippen molar-refractivity contribution in [2.75, 3.05) is 59.3 Å². The van der Waals surface area contributed by atoms with Gasteiger partial charge in [0.05, 0.1) is 6.54 Å². The lowest BCUT2D eigenvalue weighted by Crippen LogP contribution is -2.41. The molecule has 2 saturated heterocycles. The van der Waals surface area contributed by atoms with Gasteiger partial charge in [0.2, 0.25) is 0 Å². The third kappa shape index (κ3) is 7.25. The van der Waals surface area contributed by atoms with Gasteiger partial charge in [0.15, 0.2) is 5.96 Å². The lowest BCUT2D eigenvalue weighted by Gasteiger charge is -2.36. The van der Waals surface area contributed by atoms with Gasteiger partial charge in [0.25, 0.3) is 0 Å². The first-order valence-electron chi connectivity index (χ1n) is 11.6. The van der Waals surface area contributed by atoms with Crippen molar-refractivity contribution in [3.8, 4) is 0 Å². The van der Waals surface area contributed by atoms with Crippen LogP contribution in [-0.4, -0.2) is 65.2 Å². The fourth-order valence-electron chi connectivity index (χ4n) is 4.21. The minimum absolute atomic E-state index is 0.0642. The summed E-state index contributed by atoms with van der Waals surface area (Å²) >= 11 is 0. The molecular formula is C24H39N3O3. The van der Waals surface area contributed by atoms with Crippen LogP contribution in [0, 0.1) is 5.92 Å². The normalized spacial score (nSPS) is 20.1. The smallest absolute Gasteiger partial charge is 0.191 e. The summed E-state index contributed by atoms with van der Waals surface area (Å²) in [6.45, 7) is 9.62. The highest BCUT2D eigenvalue weighted by Crippen LogP contribution is 2.35. The molecule has 0 aliphatic carbocycles. The van der Waals surface area contributed by atoms with Crippen molar-refractivity contribution < 1.29 is 14.2 Å². The number of rotatable bonds is 10. The van der Waals surface area contributed by atoms with Crippen molar-refractivity contribution in [2.45, 2.75) is 44.4 Å². The van der Waals surface area contributed by atoms with Crippen LogP contribution in [0.4, 0.5) is 0 Å². The zero-order chi connectivity index (χ0) is 20.9. The van der Waals surface area contributed by atoms with Crippen LogP contribution in [0.15, 0.2) is 35.3 Å². The van der Waals surface area contributed by atoms with Crippen LogP contribution in [0.1, 0.15) is 44.6 Å². The van der Waals surface area contributed by atoms with Gasteiger partial charge in [-0.05, 0) is 50.5 Å². The highest BCUT2D eigenvalue weighted by molar-refractivity contribution is 5.79. The summed E-state index contributed by atoms with van der Waals surface area (Å²) in [7, 11) is 0. The molecule has 2 aliphatic heterocycles. The van der Waals surface area contributed by atoms with Gasteiger partial charge in [0.1, 0.15) is 0 Å². The lowest BCUT2D eigenvalue weighted by atomic mass is 9.74. The van der Waals surface area contributed by atoms with Crippen molar-refractivity contribution in [3.63, 3.8) is 0 Å². The molecule has 0 bridgehead atoms. The second kappa shape index (κ2) is 12.9. The summed E-state index contributed by atoms with van der Waals surface area (Å²) in [5, 5.41) is 6.86. The monoisotopic (exact) mass is 417 g/mol. The molecule has 30 heavy (non-hydrogen) atoms. The maximum Gasteiger partial charge on any atom is 0.191 e. The van der Waals surface area contributed by atoms with E-state index in [1.54, 1.807) is 0 Å². The summed E-state index contributed by atoms with van der Waals surface area (Å²) in [6.07, 6.45) is 5.26. The van der Waals surface area contributed by atoms with Gasteiger partial charge in [-0.15, -0.1) is 0 Å². The average Bonchev–Trinajstić information content (AvgIpc) is 2.81. The second-order valence-electron chi connectivity index (χ2n) is 8.36. The van der Waals surface area contributed by atoms with Crippen LogP contribution in [0.2, 0.25) is 0 Å². The van der Waals surface area contributed by atoms with Gasteiger partial charge in [-0.1, -0.05) is 30.3 Å². The second-order valence-corrected chi connectivity index (χ2v) is 8.36. The SMILES string of the molecule is CCNC(=NCC1(c2ccccc2)CCOCC1)NCCCOCC1CCOCC1. The first kappa shape index (κ1) is 23.0. The van der Waals surface area contributed by atoms with Crippen molar-refractivity contribution >= 4 is 5.96 Å². The summed E-state index contributed by atoms with van der Waals surface area (Å²) in [4.78, 5) is 4.96. The molecule has 2 N–H and O–H groups in total. The van der Waals surface area contributed by atoms with Gasteiger partial charge in [-0.2, -0.15) is 0 Å². The predicted molar refractivity (Wildman–Crippen MR) is 121 cm³/mol. The maximum absolute atomic E-state index is 5.87. The highest BCUT2D eigenvalue weighted by Gasteiger charge is 2.34. The molecule has 6 nitrogen and oxygen atoms in total. The Balaban J connectivity index is 1.45. The minimum atomic E-state index is 0.0642. The van der Waals surface area contributed by atoms with Crippen molar-refractivity contribution in [3.05, 3.63) is 35.9 Å². The van der Waals surface area contributed by atoms with E-state index in [2.05, 4.69) is 47.9 Å². The molecule has 0 saturated carbocycles. The van der Waals surface area contributed by atoms with E-state index in [1.807, 2.05) is 0 Å². The van der Waals surface area contributed by atoms with Crippen LogP contribution in [-0.2, 0) is 19.6 Å². The Kier molecular flexibility index (Phi) is 9.93. The molecule has 0 unspecified atom stereocenters. The topological polar surface area (TPSA) is 64.1 Å². The summed E-state index contributed by atoms with van der Waals surface area (Å²) < 4.78 is 16.9. The quantitative estimate of drug-likeness (QED) is 0.348. The summed E-state index contributed by atoms with van der Waals surface area (Å²) in [5.41, 5.74) is 1.43. The zero-order valence-electron chi connectivity index (χ0n) is 18.5. The number of benzene rings is 1. The molecule has 1 aromatic rings. The number of hydrogen-bond donors (Lipinski definition) is 2. The Hall–Kier alpha value is -1.63. The highest BCUT2D eigenvalue weighted by atomic mass is 16.5. The van der Waals surface area contributed by atoms with E-state index in [1.165, 1.54) is 5.56 Å². The number of nitrogens with one attached hydrogen (secondary N) is 2.